The van der Waals surface area contributed by atoms with E-state index >= 15 is 0 Å². The Morgan fingerprint density at radius 2 is 1.00 bits per heavy atom. The average Bonchev–Trinajstić information content (AvgIpc) is 3.13. The SMILES string of the molecule is CCCCC/C=C\C/C=C\C/C=C\CCCCC(=O)O[C@H](COC(=O)CCCCCCCCCCCCCCCC)COP(=O)(O)OC[C@H](N)C(=O)O. The van der Waals surface area contributed by atoms with E-state index in [2.05, 4.69) is 54.8 Å². The molecule has 0 fully saturated rings. The van der Waals surface area contributed by atoms with Gasteiger partial charge in [0.05, 0.1) is 13.2 Å². The second-order valence-electron chi connectivity index (χ2n) is 13.8. The van der Waals surface area contributed by atoms with E-state index in [-0.39, 0.29) is 19.4 Å². The molecule has 0 saturated heterocycles. The minimum atomic E-state index is -4.72. The van der Waals surface area contributed by atoms with E-state index in [1.165, 1.54) is 83.5 Å². The van der Waals surface area contributed by atoms with Gasteiger partial charge in [-0.25, -0.2) is 4.57 Å². The van der Waals surface area contributed by atoms with Crippen molar-refractivity contribution in [2.75, 3.05) is 19.8 Å². The van der Waals surface area contributed by atoms with E-state index in [1.807, 2.05) is 0 Å². The van der Waals surface area contributed by atoms with Gasteiger partial charge in [0.1, 0.15) is 12.6 Å². The highest BCUT2D eigenvalue weighted by atomic mass is 31.2. The van der Waals surface area contributed by atoms with Crippen molar-refractivity contribution in [1.82, 2.24) is 0 Å². The van der Waals surface area contributed by atoms with E-state index in [0.717, 1.165) is 51.4 Å². The smallest absolute Gasteiger partial charge is 0.472 e. The predicted octanol–water partition coefficient (Wildman–Crippen LogP) is 10.4. The minimum Gasteiger partial charge on any atom is -0.480 e. The van der Waals surface area contributed by atoms with E-state index in [9.17, 15) is 23.8 Å². The van der Waals surface area contributed by atoms with Crippen molar-refractivity contribution in [3.8, 4) is 0 Å². The lowest BCUT2D eigenvalue weighted by Gasteiger charge is -2.20. The summed E-state index contributed by atoms with van der Waals surface area (Å²) in [6.45, 7) is 2.73. The maximum absolute atomic E-state index is 12.6. The molecular weight excluding hydrogens is 697 g/mol. The summed E-state index contributed by atoms with van der Waals surface area (Å²) >= 11 is 0. The maximum Gasteiger partial charge on any atom is 0.472 e. The van der Waals surface area contributed by atoms with Crippen LogP contribution in [0.4, 0.5) is 0 Å². The van der Waals surface area contributed by atoms with Gasteiger partial charge in [0.15, 0.2) is 6.10 Å². The monoisotopic (exact) mass is 772 g/mol. The molecule has 53 heavy (non-hydrogen) atoms. The molecule has 0 amide bonds. The van der Waals surface area contributed by atoms with Crippen molar-refractivity contribution >= 4 is 25.7 Å². The molecule has 12 heteroatoms. The fourth-order valence-corrected chi connectivity index (χ4v) is 6.14. The highest BCUT2D eigenvalue weighted by molar-refractivity contribution is 7.47. The average molecular weight is 772 g/mol. The van der Waals surface area contributed by atoms with Crippen LogP contribution in [0.25, 0.3) is 0 Å². The number of carboxylic acid groups (broad SMARTS) is 1. The zero-order chi connectivity index (χ0) is 39.3. The predicted molar refractivity (Wildman–Crippen MR) is 212 cm³/mol. The number of ether oxygens (including phenoxy) is 2. The normalized spacial score (nSPS) is 14.2. The molecule has 11 nitrogen and oxygen atoms in total. The van der Waals surface area contributed by atoms with Crippen molar-refractivity contribution in [3.05, 3.63) is 36.5 Å². The zero-order valence-electron chi connectivity index (χ0n) is 33.1. The van der Waals surface area contributed by atoms with Crippen LogP contribution in [-0.4, -0.2) is 59.9 Å². The molecule has 0 saturated carbocycles. The number of hydrogen-bond acceptors (Lipinski definition) is 9. The first-order valence-electron chi connectivity index (χ1n) is 20.5. The first-order valence-corrected chi connectivity index (χ1v) is 22.0. The number of allylic oxidation sites excluding steroid dienone is 6. The largest absolute Gasteiger partial charge is 0.480 e. The Balaban J connectivity index is 4.46. The molecule has 0 spiro atoms. The van der Waals surface area contributed by atoms with Gasteiger partial charge in [0.25, 0.3) is 0 Å². The first kappa shape index (κ1) is 50.7. The number of carbonyl (C=O) groups is 3. The number of esters is 2. The molecule has 0 aromatic rings. The van der Waals surface area contributed by atoms with Crippen LogP contribution in [0.3, 0.4) is 0 Å². The topological polar surface area (TPSA) is 172 Å². The number of nitrogens with two attached hydrogens (primary N) is 1. The number of aliphatic carboxylic acids is 1. The molecule has 4 N–H and O–H groups in total. The first-order chi connectivity index (χ1) is 25.6. The molecule has 0 rings (SSSR count). The Bertz CT molecular complexity index is 1050. The van der Waals surface area contributed by atoms with Crippen molar-refractivity contribution in [3.63, 3.8) is 0 Å². The van der Waals surface area contributed by atoms with Crippen LogP contribution in [0, 0.1) is 0 Å². The van der Waals surface area contributed by atoms with Crippen LogP contribution in [0.5, 0.6) is 0 Å². The summed E-state index contributed by atoms with van der Waals surface area (Å²) in [5, 5.41) is 8.87. The molecule has 0 aliphatic heterocycles. The van der Waals surface area contributed by atoms with E-state index < -0.39 is 51.1 Å². The fourth-order valence-electron chi connectivity index (χ4n) is 5.36. The minimum absolute atomic E-state index is 0.114. The zero-order valence-corrected chi connectivity index (χ0v) is 34.0. The lowest BCUT2D eigenvalue weighted by molar-refractivity contribution is -0.161. The van der Waals surface area contributed by atoms with Gasteiger partial charge in [-0.05, 0) is 51.4 Å². The fraction of sp³-hybridized carbons (Fsp3) is 0.780. The van der Waals surface area contributed by atoms with Gasteiger partial charge in [-0.3, -0.25) is 23.4 Å². The van der Waals surface area contributed by atoms with Gasteiger partial charge in [-0.1, -0.05) is 147 Å². The van der Waals surface area contributed by atoms with Crippen LogP contribution in [0.1, 0.15) is 174 Å². The van der Waals surface area contributed by atoms with E-state index in [0.29, 0.717) is 12.8 Å². The molecule has 0 aliphatic rings. The van der Waals surface area contributed by atoms with Gasteiger partial charge < -0.3 is 25.2 Å². The summed E-state index contributed by atoms with van der Waals surface area (Å²) in [7, 11) is -4.72. The summed E-state index contributed by atoms with van der Waals surface area (Å²) in [6, 6.07) is -1.53. The molecular formula is C41H74NO10P. The lowest BCUT2D eigenvalue weighted by Crippen LogP contribution is -2.34. The third kappa shape index (κ3) is 36.4. The Morgan fingerprint density at radius 1 is 0.585 bits per heavy atom. The highest BCUT2D eigenvalue weighted by Gasteiger charge is 2.28. The Morgan fingerprint density at radius 3 is 1.53 bits per heavy atom. The number of phosphoric acid groups is 1. The van der Waals surface area contributed by atoms with Crippen LogP contribution in [-0.2, 0) is 37.5 Å². The van der Waals surface area contributed by atoms with Crippen LogP contribution in [0.15, 0.2) is 36.5 Å². The number of carboxylic acids is 1. The summed E-state index contributed by atoms with van der Waals surface area (Å²) in [5.74, 6) is -2.43. The standard InChI is InChI=1S/C41H74NO10P/c1-3-5-7-9-11-13-15-17-19-21-23-25-27-29-31-33-40(44)52-37(35-50-53(47,48)51-36-38(42)41(45)46)34-49-39(43)32-30-28-26-24-22-20-18-16-14-12-10-8-6-4-2/h11,13,17,19,23,25,37-38H,3-10,12,14-16,18,20-22,24,26-36,42H2,1-2H3,(H,45,46)(H,47,48)/b13-11-,19-17-,25-23-/t37-,38+/m1/s1. The van der Waals surface area contributed by atoms with Crippen molar-refractivity contribution in [1.29, 1.82) is 0 Å². The van der Waals surface area contributed by atoms with Gasteiger partial charge in [-0.2, -0.15) is 0 Å². The third-order valence-electron chi connectivity index (χ3n) is 8.64. The third-order valence-corrected chi connectivity index (χ3v) is 9.59. The van der Waals surface area contributed by atoms with Crippen molar-refractivity contribution in [2.24, 2.45) is 5.73 Å². The van der Waals surface area contributed by atoms with Gasteiger partial charge in [0, 0.05) is 12.8 Å². The number of rotatable bonds is 38. The van der Waals surface area contributed by atoms with Crippen LogP contribution >= 0.6 is 7.82 Å². The molecule has 3 atom stereocenters. The quantitative estimate of drug-likeness (QED) is 0.0236. The highest BCUT2D eigenvalue weighted by Crippen LogP contribution is 2.43. The Hall–Kier alpha value is -2.30. The molecule has 1 unspecified atom stereocenters. The summed E-state index contributed by atoms with van der Waals surface area (Å²) < 4.78 is 32.6. The summed E-state index contributed by atoms with van der Waals surface area (Å²) in [6.07, 6.45) is 37.8. The van der Waals surface area contributed by atoms with Gasteiger partial charge in [0.2, 0.25) is 0 Å². The number of unbranched alkanes of at least 4 members (excludes halogenated alkanes) is 18. The number of phosphoric ester groups is 1. The van der Waals surface area contributed by atoms with Crippen LogP contribution in [0.2, 0.25) is 0 Å². The van der Waals surface area contributed by atoms with Gasteiger partial charge >= 0.3 is 25.7 Å². The molecule has 308 valence electrons. The molecule has 0 bridgehead atoms. The lowest BCUT2D eigenvalue weighted by atomic mass is 10.0. The van der Waals surface area contributed by atoms with Crippen molar-refractivity contribution < 1.29 is 47.5 Å². The van der Waals surface area contributed by atoms with Gasteiger partial charge in [-0.15, -0.1) is 0 Å². The molecule has 0 heterocycles. The Labute approximate surface area is 321 Å². The molecule has 0 aromatic heterocycles. The second kappa shape index (κ2) is 36.7. The van der Waals surface area contributed by atoms with Crippen molar-refractivity contribution in [2.45, 2.75) is 187 Å². The van der Waals surface area contributed by atoms with E-state index in [1.54, 1.807) is 0 Å². The number of carbonyl (C=O) groups excluding carboxylic acids is 2. The maximum atomic E-state index is 12.6. The molecule has 0 aliphatic carbocycles. The second-order valence-corrected chi connectivity index (χ2v) is 15.2. The summed E-state index contributed by atoms with van der Waals surface area (Å²) in [4.78, 5) is 45.8. The van der Waals surface area contributed by atoms with E-state index in [4.69, 9.17) is 24.8 Å². The summed E-state index contributed by atoms with van der Waals surface area (Å²) in [5.41, 5.74) is 5.32. The Kier molecular flexibility index (Phi) is 35.1. The molecule has 0 radical (unpaired) electrons. The number of hydrogen-bond donors (Lipinski definition) is 3. The molecule has 0 aromatic carbocycles. The van der Waals surface area contributed by atoms with Crippen LogP contribution < -0.4 is 5.73 Å².